The summed E-state index contributed by atoms with van der Waals surface area (Å²) in [6.07, 6.45) is 3.69. The van der Waals surface area contributed by atoms with Crippen LogP contribution in [0.5, 0.6) is 0 Å². The molecule has 5 aliphatic rings. The van der Waals surface area contributed by atoms with Gasteiger partial charge in [-0.3, -0.25) is 9.79 Å². The van der Waals surface area contributed by atoms with Gasteiger partial charge in [-0.15, -0.1) is 0 Å². The summed E-state index contributed by atoms with van der Waals surface area (Å²) in [7, 11) is 3.86. The lowest BCUT2D eigenvalue weighted by Crippen LogP contribution is -2.59. The lowest BCUT2D eigenvalue weighted by atomic mass is 9.78. The van der Waals surface area contributed by atoms with E-state index in [0.717, 1.165) is 11.3 Å². The lowest BCUT2D eigenvalue weighted by molar-refractivity contribution is -0.327. The Bertz CT molecular complexity index is 1140. The van der Waals surface area contributed by atoms with Crippen molar-refractivity contribution in [2.75, 3.05) is 14.1 Å². The fraction of sp³-hybridized carbons (Fsp3) is 0.812. The molecule has 3 fully saturated rings. The molecule has 0 aromatic heterocycles. The Hall–Kier alpha value is -1.66. The van der Waals surface area contributed by atoms with E-state index in [0.29, 0.717) is 25.7 Å². The molecule has 5 heterocycles. The predicted molar refractivity (Wildman–Crippen MR) is 157 cm³/mol. The van der Waals surface area contributed by atoms with Crippen LogP contribution in [0.25, 0.3) is 0 Å². The van der Waals surface area contributed by atoms with Crippen molar-refractivity contribution in [1.82, 2.24) is 4.90 Å². The van der Waals surface area contributed by atoms with Crippen molar-refractivity contribution in [3.8, 4) is 0 Å². The van der Waals surface area contributed by atoms with E-state index in [1.165, 1.54) is 0 Å². The molecule has 1 spiro atoms. The van der Waals surface area contributed by atoms with E-state index in [-0.39, 0.29) is 18.1 Å². The zero-order valence-electron chi connectivity index (χ0n) is 26.6. The molecular weight excluding hydrogens is 540 g/mol. The predicted octanol–water partition coefficient (Wildman–Crippen LogP) is 3.35. The van der Waals surface area contributed by atoms with Gasteiger partial charge in [0.1, 0.15) is 17.8 Å². The second-order valence-corrected chi connectivity index (χ2v) is 13.8. The molecule has 236 valence electrons. The number of nitrogens with zero attached hydrogens (tertiary/aromatic N) is 2. The second-order valence-electron chi connectivity index (χ2n) is 13.8. The summed E-state index contributed by atoms with van der Waals surface area (Å²) in [4.78, 5) is 20.1. The largest absolute Gasteiger partial charge is 0.459 e. The van der Waals surface area contributed by atoms with Crippen molar-refractivity contribution in [2.45, 2.75) is 134 Å². The number of carbonyl (C=O) groups excluding carboxylic acids is 1. The van der Waals surface area contributed by atoms with E-state index >= 15 is 0 Å². The maximum Gasteiger partial charge on any atom is 0.311 e. The zero-order chi connectivity index (χ0) is 30.8. The number of cyclic esters (lactones) is 1. The van der Waals surface area contributed by atoms with Crippen LogP contribution >= 0.6 is 0 Å². The number of ether oxygens (including phenoxy) is 5. The van der Waals surface area contributed by atoms with Crippen LogP contribution in [-0.4, -0.2) is 101 Å². The van der Waals surface area contributed by atoms with Gasteiger partial charge in [0.15, 0.2) is 6.29 Å². The summed E-state index contributed by atoms with van der Waals surface area (Å²) in [5.41, 5.74) is -0.250. The van der Waals surface area contributed by atoms with Crippen LogP contribution in [0.2, 0.25) is 0 Å². The van der Waals surface area contributed by atoms with Gasteiger partial charge in [-0.2, -0.15) is 0 Å². The van der Waals surface area contributed by atoms with Gasteiger partial charge in [0.25, 0.3) is 0 Å². The van der Waals surface area contributed by atoms with E-state index in [9.17, 15) is 15.0 Å². The summed E-state index contributed by atoms with van der Waals surface area (Å²) in [5, 5.41) is 23.0. The van der Waals surface area contributed by atoms with Crippen molar-refractivity contribution in [3.05, 3.63) is 23.9 Å². The molecule has 10 heteroatoms. The molecule has 5 aliphatic heterocycles. The maximum atomic E-state index is 13.5. The Morgan fingerprint density at radius 1 is 1.12 bits per heavy atom. The van der Waals surface area contributed by atoms with Gasteiger partial charge in [-0.05, 0) is 67.1 Å². The fourth-order valence-electron chi connectivity index (χ4n) is 7.88. The monoisotopic (exact) mass is 590 g/mol. The van der Waals surface area contributed by atoms with Crippen LogP contribution in [-0.2, 0) is 28.5 Å². The standard InChI is InChI=1S/C32H50N2O8/c1-10-24-30(6)16-21(22-12-11-13-33-22)32(41-30)17(2)15-31(7,42-32)27(19(4)25(35)20(5)28(37)39-24)40-29-26(36)23(34(8)9)14-18(3)38-29/h11,13,16-20,23-27,29,35-36H,10,12,14-15H2,1-9H3/t17?,18-,19+,20-,23+,24-,25+,26-,27-,29+,30?,31-,32?/m1/s1. The van der Waals surface area contributed by atoms with Crippen LogP contribution in [0.1, 0.15) is 74.1 Å². The van der Waals surface area contributed by atoms with E-state index in [2.05, 4.69) is 11.9 Å². The van der Waals surface area contributed by atoms with Crippen LogP contribution in [0, 0.1) is 17.8 Å². The second kappa shape index (κ2) is 11.4. The summed E-state index contributed by atoms with van der Waals surface area (Å²) in [6.45, 7) is 13.5. The van der Waals surface area contributed by atoms with E-state index in [1.54, 1.807) is 13.1 Å². The number of aliphatic hydroxyl groups excluding tert-OH is 2. The van der Waals surface area contributed by atoms with Gasteiger partial charge >= 0.3 is 5.97 Å². The van der Waals surface area contributed by atoms with Crippen LogP contribution in [0.4, 0.5) is 0 Å². The number of esters is 1. The Balaban J connectivity index is 1.60. The van der Waals surface area contributed by atoms with Crippen LogP contribution < -0.4 is 0 Å². The Labute approximate surface area is 250 Å². The smallest absolute Gasteiger partial charge is 0.311 e. The van der Waals surface area contributed by atoms with Gasteiger partial charge in [-0.1, -0.05) is 26.8 Å². The zero-order valence-corrected chi connectivity index (χ0v) is 26.6. The number of allylic oxidation sites excluding steroid dienone is 1. The van der Waals surface area contributed by atoms with Gasteiger partial charge in [0.05, 0.1) is 35.5 Å². The summed E-state index contributed by atoms with van der Waals surface area (Å²) in [6, 6.07) is -0.172. The van der Waals surface area contributed by atoms with Crippen LogP contribution in [0.3, 0.4) is 0 Å². The highest BCUT2D eigenvalue weighted by molar-refractivity contribution is 6.04. The number of hydrogen-bond acceptors (Lipinski definition) is 10. The van der Waals surface area contributed by atoms with Gasteiger partial charge in [0.2, 0.25) is 5.79 Å². The molecule has 0 saturated carbocycles. The average Bonchev–Trinajstić information content (AvgIpc) is 3.62. The minimum Gasteiger partial charge on any atom is -0.459 e. The van der Waals surface area contributed by atoms with Crippen molar-refractivity contribution in [3.63, 3.8) is 0 Å². The molecule has 10 nitrogen and oxygen atoms in total. The first-order valence-electron chi connectivity index (χ1n) is 15.6. The number of fused-ring (bicyclic) bond motifs is 2. The van der Waals surface area contributed by atoms with Crippen molar-refractivity contribution in [1.29, 1.82) is 0 Å². The number of hydrogen-bond donors (Lipinski definition) is 2. The first-order chi connectivity index (χ1) is 19.7. The lowest BCUT2D eigenvalue weighted by Gasteiger charge is -2.47. The summed E-state index contributed by atoms with van der Waals surface area (Å²) < 4.78 is 33.1. The number of aliphatic imine (C=N–C) groups is 1. The maximum absolute atomic E-state index is 13.5. The normalized spacial score (nSPS) is 49.4. The third kappa shape index (κ3) is 5.21. The van der Waals surface area contributed by atoms with Gasteiger partial charge in [-0.25, -0.2) is 0 Å². The SMILES string of the molecule is CC[C@H]1OC(=O)[C@H](C)[C@@H](O)[C@H](C)[C@@H](O[C@@H]2O[C@H](C)C[C@H](N(C)C)[C@H]2O)[C@@]2(C)CC(C)C3(OC1(C)C=C3C1=NC=CC1)O2. The average molecular weight is 591 g/mol. The molecule has 3 saturated heterocycles. The Morgan fingerprint density at radius 2 is 1.83 bits per heavy atom. The molecule has 42 heavy (non-hydrogen) atoms. The van der Waals surface area contributed by atoms with E-state index in [4.69, 9.17) is 23.7 Å². The highest BCUT2D eigenvalue weighted by Gasteiger charge is 2.66. The molecule has 0 amide bonds. The van der Waals surface area contributed by atoms with E-state index in [1.807, 2.05) is 65.8 Å². The highest BCUT2D eigenvalue weighted by atomic mass is 16.8. The van der Waals surface area contributed by atoms with Gasteiger partial charge in [0, 0.05) is 36.1 Å². The Kier molecular flexibility index (Phi) is 8.59. The third-order valence-electron chi connectivity index (χ3n) is 10.2. The molecule has 0 aliphatic carbocycles. The fourth-order valence-corrected chi connectivity index (χ4v) is 7.88. The van der Waals surface area contributed by atoms with Crippen molar-refractivity contribution in [2.24, 2.45) is 22.7 Å². The third-order valence-corrected chi connectivity index (χ3v) is 10.2. The summed E-state index contributed by atoms with van der Waals surface area (Å²) in [5.74, 6) is -3.23. The summed E-state index contributed by atoms with van der Waals surface area (Å²) >= 11 is 0. The topological polar surface area (TPSA) is 119 Å². The number of aliphatic hydroxyl groups is 2. The van der Waals surface area contributed by atoms with E-state index < -0.39 is 65.5 Å². The number of likely N-dealkylation sites (N-methyl/N-ethyl adjacent to an activating group) is 1. The first kappa shape index (κ1) is 31.8. The first-order valence-corrected chi connectivity index (χ1v) is 15.6. The number of rotatable bonds is 5. The molecule has 0 radical (unpaired) electrons. The molecular formula is C32H50N2O8. The molecule has 2 N–H and O–H groups in total. The molecule has 3 bridgehead atoms. The molecule has 5 rings (SSSR count). The van der Waals surface area contributed by atoms with Gasteiger partial charge < -0.3 is 38.8 Å². The van der Waals surface area contributed by atoms with Crippen molar-refractivity contribution >= 4 is 11.7 Å². The minimum absolute atomic E-state index is 0.133. The van der Waals surface area contributed by atoms with Crippen molar-refractivity contribution < 1.29 is 38.7 Å². The molecule has 0 aromatic rings. The molecule has 3 unspecified atom stereocenters. The highest BCUT2D eigenvalue weighted by Crippen LogP contribution is 2.57. The molecule has 0 aromatic carbocycles. The van der Waals surface area contributed by atoms with Crippen LogP contribution in [0.15, 0.2) is 28.9 Å². The molecule has 13 atom stereocenters. The quantitative estimate of drug-likeness (QED) is 0.465. The minimum atomic E-state index is -1.17. The Morgan fingerprint density at radius 3 is 2.45 bits per heavy atom. The number of carbonyl (C=O) groups is 1.